The summed E-state index contributed by atoms with van der Waals surface area (Å²) in [5, 5.41) is 8.89. The summed E-state index contributed by atoms with van der Waals surface area (Å²) >= 11 is 0. The number of carboxylic acid groups (broad SMARTS) is 1. The second-order valence-corrected chi connectivity index (χ2v) is 4.52. The Kier molecular flexibility index (Phi) is 4.94. The highest BCUT2D eigenvalue weighted by molar-refractivity contribution is 5.87. The van der Waals surface area contributed by atoms with Crippen molar-refractivity contribution in [1.29, 1.82) is 0 Å². The molecule has 0 saturated carbocycles. The van der Waals surface area contributed by atoms with Crippen LogP contribution in [0.2, 0.25) is 0 Å². The molecule has 0 spiro atoms. The molecule has 0 atom stereocenters. The van der Waals surface area contributed by atoms with Crippen molar-refractivity contribution in [1.82, 2.24) is 4.57 Å². The van der Waals surface area contributed by atoms with Gasteiger partial charge in [0.2, 0.25) is 5.56 Å². The largest absolute Gasteiger partial charge is 0.478 e. The van der Waals surface area contributed by atoms with Gasteiger partial charge < -0.3 is 9.67 Å². The maximum Gasteiger partial charge on any atom is 0.335 e. The minimum Gasteiger partial charge on any atom is -0.478 e. The fourth-order valence-electron chi connectivity index (χ4n) is 1.88. The minimum atomic E-state index is -0.956. The molecule has 0 aliphatic heterocycles. The Morgan fingerprint density at radius 1 is 1.19 bits per heavy atom. The van der Waals surface area contributed by atoms with Crippen LogP contribution in [0, 0.1) is 11.8 Å². The summed E-state index contributed by atoms with van der Waals surface area (Å²) in [5.74, 6) is 4.98. The molecule has 106 valence electrons. The fourth-order valence-corrected chi connectivity index (χ4v) is 1.88. The quantitative estimate of drug-likeness (QED) is 0.691. The van der Waals surface area contributed by atoms with E-state index < -0.39 is 5.97 Å². The molecule has 1 aromatic heterocycles. The standard InChI is InChI=1S/C17H15NO3/c19-16-10-3-5-12-18(16)11-4-1-2-7-14-8-6-9-15(13-14)17(20)21/h3,5-6,8-10,12-13H,1,4,11H2,(H,20,21). The molecule has 1 N–H and O–H groups in total. The molecule has 1 heterocycles. The molecular formula is C17H15NO3. The van der Waals surface area contributed by atoms with Crippen LogP contribution in [0.3, 0.4) is 0 Å². The lowest BCUT2D eigenvalue weighted by molar-refractivity contribution is 0.0697. The number of carbonyl (C=O) groups is 1. The molecule has 0 amide bonds. The van der Waals surface area contributed by atoms with Crippen molar-refractivity contribution in [3.05, 3.63) is 70.1 Å². The lowest BCUT2D eigenvalue weighted by Crippen LogP contribution is -2.17. The summed E-state index contributed by atoms with van der Waals surface area (Å²) in [7, 11) is 0. The number of pyridine rings is 1. The Morgan fingerprint density at radius 3 is 2.81 bits per heavy atom. The van der Waals surface area contributed by atoms with Crippen molar-refractivity contribution in [2.45, 2.75) is 19.4 Å². The van der Waals surface area contributed by atoms with E-state index in [1.54, 1.807) is 35.0 Å². The monoisotopic (exact) mass is 281 g/mol. The van der Waals surface area contributed by atoms with Gasteiger partial charge in [-0.2, -0.15) is 0 Å². The molecule has 0 aliphatic carbocycles. The van der Waals surface area contributed by atoms with Crippen molar-refractivity contribution in [2.24, 2.45) is 0 Å². The lowest BCUT2D eigenvalue weighted by Gasteiger charge is -2.01. The lowest BCUT2D eigenvalue weighted by atomic mass is 10.1. The van der Waals surface area contributed by atoms with Crippen LogP contribution in [-0.2, 0) is 6.54 Å². The molecule has 2 rings (SSSR count). The predicted octanol–water partition coefficient (Wildman–Crippen LogP) is 2.38. The summed E-state index contributed by atoms with van der Waals surface area (Å²) in [6.07, 6.45) is 3.18. The molecule has 1 aromatic carbocycles. The van der Waals surface area contributed by atoms with Crippen LogP contribution in [0.25, 0.3) is 0 Å². The van der Waals surface area contributed by atoms with Gasteiger partial charge in [-0.1, -0.05) is 24.0 Å². The van der Waals surface area contributed by atoms with E-state index in [0.717, 1.165) is 6.42 Å². The number of aromatic nitrogens is 1. The second kappa shape index (κ2) is 7.11. The minimum absolute atomic E-state index is 0.0142. The first-order chi connectivity index (χ1) is 10.2. The first-order valence-electron chi connectivity index (χ1n) is 6.64. The summed E-state index contributed by atoms with van der Waals surface area (Å²) in [5.41, 5.74) is 0.907. The molecule has 0 bridgehead atoms. The van der Waals surface area contributed by atoms with Gasteiger partial charge in [-0.05, 0) is 30.7 Å². The molecule has 0 saturated heterocycles. The van der Waals surface area contributed by atoms with Gasteiger partial charge in [0, 0.05) is 30.8 Å². The van der Waals surface area contributed by atoms with E-state index in [4.69, 9.17) is 5.11 Å². The van der Waals surface area contributed by atoms with Crippen LogP contribution in [0.15, 0.2) is 53.5 Å². The molecule has 0 fully saturated rings. The van der Waals surface area contributed by atoms with E-state index in [0.29, 0.717) is 18.5 Å². The number of carboxylic acids is 1. The van der Waals surface area contributed by atoms with Crippen LogP contribution >= 0.6 is 0 Å². The second-order valence-electron chi connectivity index (χ2n) is 4.52. The van der Waals surface area contributed by atoms with Crippen molar-refractivity contribution in [2.75, 3.05) is 0 Å². The maximum atomic E-state index is 11.5. The number of hydrogen-bond acceptors (Lipinski definition) is 2. The molecule has 4 heteroatoms. The van der Waals surface area contributed by atoms with Gasteiger partial charge in [0.15, 0.2) is 0 Å². The Hall–Kier alpha value is -2.80. The first-order valence-corrected chi connectivity index (χ1v) is 6.64. The molecule has 0 unspecified atom stereocenters. The highest BCUT2D eigenvalue weighted by atomic mass is 16.4. The van der Waals surface area contributed by atoms with Crippen LogP contribution in [0.4, 0.5) is 0 Å². The van der Waals surface area contributed by atoms with E-state index in [-0.39, 0.29) is 11.1 Å². The smallest absolute Gasteiger partial charge is 0.335 e. The molecule has 21 heavy (non-hydrogen) atoms. The molecule has 0 radical (unpaired) electrons. The van der Waals surface area contributed by atoms with E-state index >= 15 is 0 Å². The summed E-state index contributed by atoms with van der Waals surface area (Å²) in [6.45, 7) is 0.628. The van der Waals surface area contributed by atoms with Crippen molar-refractivity contribution >= 4 is 5.97 Å². The summed E-state index contributed by atoms with van der Waals surface area (Å²) in [6, 6.07) is 11.6. The van der Waals surface area contributed by atoms with Gasteiger partial charge >= 0.3 is 5.97 Å². The predicted molar refractivity (Wildman–Crippen MR) is 80.2 cm³/mol. The van der Waals surface area contributed by atoms with Gasteiger partial charge in [-0.3, -0.25) is 4.79 Å². The van der Waals surface area contributed by atoms with Crippen molar-refractivity contribution in [3.63, 3.8) is 0 Å². The maximum absolute atomic E-state index is 11.5. The number of unbranched alkanes of at least 4 members (excludes halogenated alkanes) is 1. The fraction of sp³-hybridized carbons (Fsp3) is 0.176. The average Bonchev–Trinajstić information content (AvgIpc) is 2.49. The zero-order valence-electron chi connectivity index (χ0n) is 11.5. The van der Waals surface area contributed by atoms with E-state index in [2.05, 4.69) is 11.8 Å². The van der Waals surface area contributed by atoms with Crippen LogP contribution in [-0.4, -0.2) is 15.6 Å². The van der Waals surface area contributed by atoms with Gasteiger partial charge in [0.05, 0.1) is 5.56 Å². The molecular weight excluding hydrogens is 266 g/mol. The highest BCUT2D eigenvalue weighted by Crippen LogP contribution is 2.04. The number of rotatable bonds is 4. The van der Waals surface area contributed by atoms with Gasteiger partial charge in [0.25, 0.3) is 0 Å². The van der Waals surface area contributed by atoms with Gasteiger partial charge in [0.1, 0.15) is 0 Å². The highest BCUT2D eigenvalue weighted by Gasteiger charge is 2.01. The topological polar surface area (TPSA) is 59.3 Å². The SMILES string of the molecule is O=C(O)c1cccc(C#CCCCn2ccccc2=O)c1. The normalized spacial score (nSPS) is 9.71. The van der Waals surface area contributed by atoms with E-state index in [9.17, 15) is 9.59 Å². The number of nitrogens with zero attached hydrogens (tertiary/aromatic N) is 1. The molecule has 2 aromatic rings. The third-order valence-electron chi connectivity index (χ3n) is 2.94. The summed E-state index contributed by atoms with van der Waals surface area (Å²) < 4.78 is 1.65. The Bertz CT molecular complexity index is 750. The van der Waals surface area contributed by atoms with Crippen LogP contribution in [0.5, 0.6) is 0 Å². The zero-order valence-corrected chi connectivity index (χ0v) is 11.5. The first kappa shape index (κ1) is 14.6. The molecule has 4 nitrogen and oxygen atoms in total. The van der Waals surface area contributed by atoms with Crippen LogP contribution < -0.4 is 5.56 Å². The number of aryl methyl sites for hydroxylation is 1. The Balaban J connectivity index is 1.90. The van der Waals surface area contributed by atoms with Gasteiger partial charge in [-0.15, -0.1) is 0 Å². The van der Waals surface area contributed by atoms with E-state index in [1.807, 2.05) is 6.07 Å². The number of benzene rings is 1. The molecule has 0 aliphatic rings. The third-order valence-corrected chi connectivity index (χ3v) is 2.94. The zero-order chi connectivity index (χ0) is 15.1. The Morgan fingerprint density at radius 2 is 2.05 bits per heavy atom. The number of aromatic carboxylic acids is 1. The average molecular weight is 281 g/mol. The van der Waals surface area contributed by atoms with E-state index in [1.165, 1.54) is 12.1 Å². The Labute approximate surface area is 122 Å². The third kappa shape index (κ3) is 4.36. The van der Waals surface area contributed by atoms with Gasteiger partial charge in [-0.25, -0.2) is 4.79 Å². The van der Waals surface area contributed by atoms with Crippen molar-refractivity contribution < 1.29 is 9.90 Å². The number of hydrogen-bond donors (Lipinski definition) is 1. The van der Waals surface area contributed by atoms with Crippen molar-refractivity contribution in [3.8, 4) is 11.8 Å². The summed E-state index contributed by atoms with van der Waals surface area (Å²) in [4.78, 5) is 22.3. The van der Waals surface area contributed by atoms with Crippen LogP contribution in [0.1, 0.15) is 28.8 Å².